The topological polar surface area (TPSA) is 58.8 Å². The Kier molecular flexibility index (Phi) is 5.48. The van der Waals surface area contributed by atoms with Gasteiger partial charge in [0.05, 0.1) is 13.7 Å². The van der Waals surface area contributed by atoms with Gasteiger partial charge in [-0.2, -0.15) is 0 Å². The second-order valence-corrected chi connectivity index (χ2v) is 4.67. The molecule has 0 aliphatic rings. The molecule has 1 rings (SSSR count). The van der Waals surface area contributed by atoms with Crippen molar-refractivity contribution in [2.24, 2.45) is 0 Å². The third kappa shape index (κ3) is 4.35. The van der Waals surface area contributed by atoms with E-state index in [1.807, 2.05) is 17.0 Å². The fourth-order valence-electron chi connectivity index (χ4n) is 1.78. The Morgan fingerprint density at radius 3 is 2.53 bits per heavy atom. The van der Waals surface area contributed by atoms with E-state index >= 15 is 0 Å². The number of carbonyl (C=O) groups excluding carboxylic acids is 1. The predicted molar refractivity (Wildman–Crippen MR) is 78.6 cm³/mol. The Bertz CT molecular complexity index is 433. The van der Waals surface area contributed by atoms with E-state index in [1.165, 1.54) is 0 Å². The Morgan fingerprint density at radius 2 is 2.00 bits per heavy atom. The van der Waals surface area contributed by atoms with Crippen LogP contribution in [0.3, 0.4) is 0 Å². The number of benzene rings is 1. The number of nitrogens with zero attached hydrogens (tertiary/aromatic N) is 2. The minimum absolute atomic E-state index is 0.0647. The van der Waals surface area contributed by atoms with E-state index in [1.54, 1.807) is 32.2 Å². The summed E-state index contributed by atoms with van der Waals surface area (Å²) in [6.45, 7) is 3.22. The number of carbonyl (C=O) groups is 1. The van der Waals surface area contributed by atoms with Gasteiger partial charge in [-0.25, -0.2) is 0 Å². The van der Waals surface area contributed by atoms with Crippen LogP contribution in [0.15, 0.2) is 18.2 Å². The second kappa shape index (κ2) is 6.87. The molecule has 0 aromatic heterocycles. The molecule has 1 amide bonds. The van der Waals surface area contributed by atoms with Gasteiger partial charge in [-0.1, -0.05) is 6.92 Å². The third-order valence-corrected chi connectivity index (χ3v) is 2.83. The summed E-state index contributed by atoms with van der Waals surface area (Å²) < 4.78 is 5.21. The summed E-state index contributed by atoms with van der Waals surface area (Å²) in [7, 11) is 5.12. The number of nitrogens with two attached hydrogens (primary N) is 1. The quantitative estimate of drug-likeness (QED) is 0.793. The van der Waals surface area contributed by atoms with Crippen molar-refractivity contribution < 1.29 is 9.53 Å². The van der Waals surface area contributed by atoms with Crippen molar-refractivity contribution in [3.05, 3.63) is 18.2 Å². The molecule has 0 radical (unpaired) electrons. The minimum Gasteiger partial charge on any atom is -0.497 e. The zero-order valence-electron chi connectivity index (χ0n) is 12.1. The number of hydrogen-bond acceptors (Lipinski definition) is 4. The summed E-state index contributed by atoms with van der Waals surface area (Å²) in [6.07, 6.45) is 0.956. The van der Waals surface area contributed by atoms with E-state index in [9.17, 15) is 4.79 Å². The van der Waals surface area contributed by atoms with E-state index in [0.29, 0.717) is 18.0 Å². The lowest BCUT2D eigenvalue weighted by molar-refractivity contribution is -0.127. The molecule has 0 fully saturated rings. The summed E-state index contributed by atoms with van der Waals surface area (Å²) in [5.41, 5.74) is 7.40. The molecule has 0 aliphatic heterocycles. The molecule has 0 aliphatic carbocycles. The van der Waals surface area contributed by atoms with Crippen LogP contribution in [0, 0.1) is 0 Å². The maximum Gasteiger partial charge on any atom is 0.241 e. The van der Waals surface area contributed by atoms with Crippen molar-refractivity contribution in [3.8, 4) is 5.75 Å². The van der Waals surface area contributed by atoms with Gasteiger partial charge in [0.1, 0.15) is 5.75 Å². The highest BCUT2D eigenvalue weighted by molar-refractivity contribution is 5.81. The van der Waals surface area contributed by atoms with Crippen LogP contribution in [0.5, 0.6) is 5.75 Å². The molecule has 0 saturated carbocycles. The van der Waals surface area contributed by atoms with Crippen molar-refractivity contribution in [2.45, 2.75) is 13.3 Å². The zero-order chi connectivity index (χ0) is 14.4. The van der Waals surface area contributed by atoms with Gasteiger partial charge in [0, 0.05) is 44.1 Å². The number of methoxy groups -OCH3 is 1. The zero-order valence-corrected chi connectivity index (χ0v) is 12.1. The number of anilines is 2. The van der Waals surface area contributed by atoms with Crippen LogP contribution < -0.4 is 15.4 Å². The highest BCUT2D eigenvalue weighted by Crippen LogP contribution is 2.25. The van der Waals surface area contributed by atoms with Crippen LogP contribution in [-0.2, 0) is 4.79 Å². The van der Waals surface area contributed by atoms with Gasteiger partial charge in [0.25, 0.3) is 0 Å². The molecule has 0 spiro atoms. The number of hydrogen-bond donors (Lipinski definition) is 1. The monoisotopic (exact) mass is 265 g/mol. The summed E-state index contributed by atoms with van der Waals surface area (Å²) in [5, 5.41) is 0. The highest BCUT2D eigenvalue weighted by Gasteiger charge is 2.13. The van der Waals surface area contributed by atoms with Crippen LogP contribution in [-0.4, -0.2) is 45.1 Å². The smallest absolute Gasteiger partial charge is 0.241 e. The molecule has 19 heavy (non-hydrogen) atoms. The van der Waals surface area contributed by atoms with E-state index in [-0.39, 0.29) is 5.91 Å². The molecule has 0 saturated heterocycles. The van der Waals surface area contributed by atoms with Crippen LogP contribution >= 0.6 is 0 Å². The summed E-state index contributed by atoms with van der Waals surface area (Å²) >= 11 is 0. The third-order valence-electron chi connectivity index (χ3n) is 2.83. The first kappa shape index (κ1) is 15.1. The lowest BCUT2D eigenvalue weighted by Gasteiger charge is -2.26. The number of amides is 1. The minimum atomic E-state index is 0.0647. The predicted octanol–water partition coefficient (Wildman–Crippen LogP) is 1.58. The van der Waals surface area contributed by atoms with Gasteiger partial charge in [-0.15, -0.1) is 0 Å². The molecular weight excluding hydrogens is 242 g/mol. The average Bonchev–Trinajstić information content (AvgIpc) is 2.37. The molecule has 1 aromatic rings. The molecule has 1 aromatic carbocycles. The molecule has 2 N–H and O–H groups in total. The van der Waals surface area contributed by atoms with E-state index < -0.39 is 0 Å². The lowest BCUT2D eigenvalue weighted by Crippen LogP contribution is -2.37. The molecule has 0 atom stereocenters. The maximum absolute atomic E-state index is 11.9. The first-order valence-electron chi connectivity index (χ1n) is 6.37. The SMILES string of the molecule is CCCN(CC(=O)N(C)C)c1cc(N)cc(OC)c1. The number of nitrogen functional groups attached to an aromatic ring is 1. The van der Waals surface area contributed by atoms with Gasteiger partial charge >= 0.3 is 0 Å². The van der Waals surface area contributed by atoms with Crippen molar-refractivity contribution >= 4 is 17.3 Å². The molecular formula is C14H23N3O2. The number of likely N-dealkylation sites (N-methyl/N-ethyl adjacent to an activating group) is 1. The fourth-order valence-corrected chi connectivity index (χ4v) is 1.78. The number of ether oxygens (including phenoxy) is 1. The largest absolute Gasteiger partial charge is 0.497 e. The normalized spacial score (nSPS) is 10.1. The van der Waals surface area contributed by atoms with Crippen LogP contribution in [0.2, 0.25) is 0 Å². The van der Waals surface area contributed by atoms with Gasteiger partial charge in [-0.05, 0) is 12.5 Å². The standard InChI is InChI=1S/C14H23N3O2/c1-5-6-17(10-14(18)16(2)3)12-7-11(15)8-13(9-12)19-4/h7-9H,5-6,10,15H2,1-4H3. The van der Waals surface area contributed by atoms with Gasteiger partial charge < -0.3 is 20.3 Å². The van der Waals surface area contributed by atoms with E-state index in [2.05, 4.69) is 6.92 Å². The summed E-state index contributed by atoms with van der Waals surface area (Å²) in [5.74, 6) is 0.767. The van der Waals surface area contributed by atoms with Crippen molar-refractivity contribution in [3.63, 3.8) is 0 Å². The van der Waals surface area contributed by atoms with Crippen molar-refractivity contribution in [1.82, 2.24) is 4.90 Å². The summed E-state index contributed by atoms with van der Waals surface area (Å²) in [6, 6.07) is 5.53. The van der Waals surface area contributed by atoms with Crippen molar-refractivity contribution in [2.75, 3.05) is 44.9 Å². The molecule has 106 valence electrons. The van der Waals surface area contributed by atoms with E-state index in [0.717, 1.165) is 18.7 Å². The van der Waals surface area contributed by atoms with Crippen LogP contribution in [0.4, 0.5) is 11.4 Å². The van der Waals surface area contributed by atoms with Gasteiger partial charge in [-0.3, -0.25) is 4.79 Å². The van der Waals surface area contributed by atoms with Gasteiger partial charge in [0.2, 0.25) is 5.91 Å². The number of rotatable bonds is 6. The molecule has 5 heteroatoms. The molecule has 0 bridgehead atoms. The molecule has 0 unspecified atom stereocenters. The Balaban J connectivity index is 2.97. The molecule has 0 heterocycles. The van der Waals surface area contributed by atoms with E-state index in [4.69, 9.17) is 10.5 Å². The second-order valence-electron chi connectivity index (χ2n) is 4.67. The first-order chi connectivity index (χ1) is 8.97. The van der Waals surface area contributed by atoms with Crippen LogP contribution in [0.1, 0.15) is 13.3 Å². The van der Waals surface area contributed by atoms with Gasteiger partial charge in [0.15, 0.2) is 0 Å². The lowest BCUT2D eigenvalue weighted by atomic mass is 10.2. The molecule has 5 nitrogen and oxygen atoms in total. The maximum atomic E-state index is 11.9. The van der Waals surface area contributed by atoms with Crippen LogP contribution in [0.25, 0.3) is 0 Å². The Hall–Kier alpha value is -1.91. The fraction of sp³-hybridized carbons (Fsp3) is 0.500. The average molecular weight is 265 g/mol. The highest BCUT2D eigenvalue weighted by atomic mass is 16.5. The Labute approximate surface area is 114 Å². The van der Waals surface area contributed by atoms with Crippen molar-refractivity contribution in [1.29, 1.82) is 0 Å². The first-order valence-corrected chi connectivity index (χ1v) is 6.37. The summed E-state index contributed by atoms with van der Waals surface area (Å²) in [4.78, 5) is 15.5. The Morgan fingerprint density at radius 1 is 1.32 bits per heavy atom.